The number of hydrogen-bond acceptors (Lipinski definition) is 7. The van der Waals surface area contributed by atoms with Gasteiger partial charge in [-0.1, -0.05) is 18.7 Å². The summed E-state index contributed by atoms with van der Waals surface area (Å²) in [5.41, 5.74) is 1.16. The van der Waals surface area contributed by atoms with E-state index in [9.17, 15) is 4.79 Å². The Hall–Kier alpha value is -1.88. The monoisotopic (exact) mass is 338 g/mol. The Morgan fingerprint density at radius 1 is 1.64 bits per heavy atom. The molecule has 1 aromatic heterocycles. The Labute approximate surface area is 138 Å². The maximum Gasteiger partial charge on any atom is 0.222 e. The predicted octanol–water partition coefficient (Wildman–Crippen LogP) is 2.74. The van der Waals surface area contributed by atoms with E-state index >= 15 is 0 Å². The number of methoxy groups -OCH3 is 1. The molecular formula is C14H15ClN4O2S. The zero-order valence-corrected chi connectivity index (χ0v) is 13.7. The largest absolute Gasteiger partial charge is 0.385 e. The van der Waals surface area contributed by atoms with Gasteiger partial charge in [0, 0.05) is 25.3 Å². The maximum atomic E-state index is 10.6. The van der Waals surface area contributed by atoms with Crippen LogP contribution < -0.4 is 5.32 Å². The van der Waals surface area contributed by atoms with Crippen LogP contribution in [0.25, 0.3) is 5.57 Å². The first-order valence-electron chi connectivity index (χ1n) is 6.37. The molecule has 0 aliphatic carbocycles. The van der Waals surface area contributed by atoms with Crippen LogP contribution in [-0.4, -0.2) is 30.0 Å². The van der Waals surface area contributed by atoms with Crippen LogP contribution in [-0.2, 0) is 9.53 Å². The Balaban J connectivity index is 0.000000422. The molecule has 0 unspecified atom stereocenters. The van der Waals surface area contributed by atoms with Gasteiger partial charge in [-0.25, -0.2) is 9.97 Å². The van der Waals surface area contributed by atoms with Crippen LogP contribution in [0.4, 0.5) is 0 Å². The van der Waals surface area contributed by atoms with E-state index in [-0.39, 0.29) is 5.28 Å². The van der Waals surface area contributed by atoms with Gasteiger partial charge in [-0.15, -0.1) is 0 Å². The van der Waals surface area contributed by atoms with Crippen molar-refractivity contribution >= 4 is 35.2 Å². The molecule has 0 aromatic carbocycles. The van der Waals surface area contributed by atoms with E-state index in [0.717, 1.165) is 13.0 Å². The first kappa shape index (κ1) is 18.2. The second-order valence-electron chi connectivity index (χ2n) is 3.95. The van der Waals surface area contributed by atoms with Crippen molar-refractivity contribution in [3.05, 3.63) is 39.4 Å². The third kappa shape index (κ3) is 5.48. The van der Waals surface area contributed by atoms with E-state index in [4.69, 9.17) is 21.6 Å². The Bertz CT molecular complexity index is 624. The van der Waals surface area contributed by atoms with Crippen molar-refractivity contribution < 1.29 is 9.53 Å². The van der Waals surface area contributed by atoms with Gasteiger partial charge in [0.15, 0.2) is 6.29 Å². The normalized spacial score (nSPS) is 14.9. The molecule has 0 spiro atoms. The lowest BCUT2D eigenvalue weighted by atomic mass is 10.2. The van der Waals surface area contributed by atoms with Crippen LogP contribution >= 0.6 is 23.4 Å². The Kier molecular flexibility index (Phi) is 8.22. The summed E-state index contributed by atoms with van der Waals surface area (Å²) in [5, 5.41) is 14.2. The number of aldehydes is 1. The first-order valence-corrected chi connectivity index (χ1v) is 7.63. The lowest BCUT2D eigenvalue weighted by Gasteiger charge is -2.03. The summed E-state index contributed by atoms with van der Waals surface area (Å²) in [5.74, 6) is 0. The summed E-state index contributed by atoms with van der Waals surface area (Å²) >= 11 is 6.92. The Morgan fingerprint density at radius 2 is 2.41 bits per heavy atom. The molecule has 8 heteroatoms. The van der Waals surface area contributed by atoms with Gasteiger partial charge in [0.1, 0.15) is 11.6 Å². The maximum absolute atomic E-state index is 10.6. The van der Waals surface area contributed by atoms with Crippen molar-refractivity contribution in [2.24, 2.45) is 0 Å². The van der Waals surface area contributed by atoms with Gasteiger partial charge in [0.2, 0.25) is 5.28 Å². The van der Waals surface area contributed by atoms with Gasteiger partial charge < -0.3 is 10.1 Å². The van der Waals surface area contributed by atoms with Crippen LogP contribution in [0.1, 0.15) is 19.0 Å². The number of rotatable bonds is 4. The van der Waals surface area contributed by atoms with Gasteiger partial charge in [0.05, 0.1) is 16.4 Å². The Morgan fingerprint density at radius 3 is 2.86 bits per heavy atom. The number of aromatic nitrogens is 2. The van der Waals surface area contributed by atoms with E-state index in [1.165, 1.54) is 18.0 Å². The van der Waals surface area contributed by atoms with Crippen molar-refractivity contribution in [1.82, 2.24) is 15.3 Å². The predicted molar refractivity (Wildman–Crippen MR) is 86.6 cm³/mol. The number of thioether (sulfide) groups is 1. The summed E-state index contributed by atoms with van der Waals surface area (Å²) in [6.45, 7) is 2.98. The average molecular weight is 339 g/mol. The fourth-order valence-electron chi connectivity index (χ4n) is 1.39. The van der Waals surface area contributed by atoms with Gasteiger partial charge >= 0.3 is 0 Å². The summed E-state index contributed by atoms with van der Waals surface area (Å²) in [4.78, 5) is 18.2. The second kappa shape index (κ2) is 9.95. The van der Waals surface area contributed by atoms with Gasteiger partial charge in [-0.3, -0.25) is 4.79 Å². The summed E-state index contributed by atoms with van der Waals surface area (Å²) < 4.78 is 4.69. The zero-order valence-electron chi connectivity index (χ0n) is 12.2. The van der Waals surface area contributed by atoms with Crippen LogP contribution in [0.5, 0.6) is 0 Å². The molecule has 0 bridgehead atoms. The fourth-order valence-corrected chi connectivity index (χ4v) is 2.35. The zero-order chi connectivity index (χ0) is 16.4. The molecule has 0 radical (unpaired) electrons. The second-order valence-corrected chi connectivity index (χ2v) is 5.17. The standard InChI is InChI=1S/C10H5ClN4OS.C4H10O/c11-10-13-2-1-8(15-10)7(3-12)9-14-6(4-16)5-17-9;1-3-4-5-2/h1-2,4-5,14H;3-4H2,1-2H3/b9-7-;. The molecule has 0 atom stereocenters. The molecule has 0 saturated carbocycles. The molecule has 1 N–H and O–H groups in total. The van der Waals surface area contributed by atoms with Gasteiger partial charge in [-0.05, 0) is 24.1 Å². The van der Waals surface area contributed by atoms with Crippen molar-refractivity contribution in [2.75, 3.05) is 13.7 Å². The van der Waals surface area contributed by atoms with Crippen LogP contribution in [0.2, 0.25) is 5.28 Å². The molecule has 116 valence electrons. The van der Waals surface area contributed by atoms with Gasteiger partial charge in [0.25, 0.3) is 0 Å². The molecule has 0 fully saturated rings. The average Bonchev–Trinajstić information content (AvgIpc) is 2.98. The topological polar surface area (TPSA) is 87.9 Å². The number of hydrogen-bond donors (Lipinski definition) is 1. The first-order chi connectivity index (χ1) is 10.7. The highest BCUT2D eigenvalue weighted by atomic mass is 35.5. The third-order valence-corrected chi connectivity index (χ3v) is 3.41. The van der Waals surface area contributed by atoms with E-state index in [2.05, 4.69) is 22.2 Å². The quantitative estimate of drug-likeness (QED) is 0.513. The molecule has 1 aliphatic rings. The number of allylic oxidation sites excluding steroid dienone is 2. The highest BCUT2D eigenvalue weighted by molar-refractivity contribution is 8.06. The molecule has 22 heavy (non-hydrogen) atoms. The SMILES string of the molecule is CCCOC.N#C/C(=C1\NC(C=O)=CS1)c1ccnc(Cl)n1. The molecule has 0 saturated heterocycles. The molecule has 2 rings (SSSR count). The van der Waals surface area contributed by atoms with E-state index in [0.29, 0.717) is 28.3 Å². The van der Waals surface area contributed by atoms with Crippen LogP contribution in [0.3, 0.4) is 0 Å². The highest BCUT2D eigenvalue weighted by Crippen LogP contribution is 2.30. The lowest BCUT2D eigenvalue weighted by molar-refractivity contribution is -0.105. The number of nitrogens with one attached hydrogen (secondary N) is 1. The fraction of sp³-hybridized carbons (Fsp3) is 0.286. The third-order valence-electron chi connectivity index (χ3n) is 2.32. The minimum Gasteiger partial charge on any atom is -0.385 e. The summed E-state index contributed by atoms with van der Waals surface area (Å²) in [7, 11) is 1.71. The van der Waals surface area contributed by atoms with Crippen molar-refractivity contribution in [3.8, 4) is 6.07 Å². The minimum atomic E-state index is 0.0717. The van der Waals surface area contributed by atoms with E-state index in [1.807, 2.05) is 6.07 Å². The van der Waals surface area contributed by atoms with Crippen LogP contribution in [0.15, 0.2) is 28.4 Å². The van der Waals surface area contributed by atoms with Crippen molar-refractivity contribution in [1.29, 1.82) is 5.26 Å². The van der Waals surface area contributed by atoms with E-state index in [1.54, 1.807) is 18.6 Å². The molecular weight excluding hydrogens is 324 g/mol. The van der Waals surface area contributed by atoms with Crippen molar-refractivity contribution in [3.63, 3.8) is 0 Å². The molecule has 6 nitrogen and oxygen atoms in total. The molecule has 1 aromatic rings. The highest BCUT2D eigenvalue weighted by Gasteiger charge is 2.16. The minimum absolute atomic E-state index is 0.0717. The molecule has 2 heterocycles. The van der Waals surface area contributed by atoms with Crippen LogP contribution in [0, 0.1) is 11.3 Å². The van der Waals surface area contributed by atoms with Gasteiger partial charge in [-0.2, -0.15) is 5.26 Å². The summed E-state index contributed by atoms with van der Waals surface area (Å²) in [6.07, 6.45) is 3.27. The number of carbonyl (C=O) groups excluding carboxylic acids is 1. The number of carbonyl (C=O) groups is 1. The number of nitrogens with zero attached hydrogens (tertiary/aromatic N) is 3. The summed E-state index contributed by atoms with van der Waals surface area (Å²) in [6, 6.07) is 3.61. The van der Waals surface area contributed by atoms with Crippen molar-refractivity contribution in [2.45, 2.75) is 13.3 Å². The molecule has 1 aliphatic heterocycles. The molecule has 0 amide bonds. The van der Waals surface area contributed by atoms with E-state index < -0.39 is 0 Å². The number of halogens is 1. The number of ether oxygens (including phenoxy) is 1. The lowest BCUT2D eigenvalue weighted by Crippen LogP contribution is -2.08. The smallest absolute Gasteiger partial charge is 0.222 e. The number of nitriles is 1.